The predicted molar refractivity (Wildman–Crippen MR) is 63.8 cm³/mol. The molecule has 1 aliphatic rings. The number of aliphatic hydroxyl groups excluding tert-OH is 1. The second kappa shape index (κ2) is 4.37. The first-order valence-corrected chi connectivity index (χ1v) is 5.80. The summed E-state index contributed by atoms with van der Waals surface area (Å²) in [7, 11) is 0. The largest absolute Gasteiger partial charge is 0.396 e. The zero-order valence-corrected chi connectivity index (χ0v) is 9.94. The molecule has 1 aromatic heterocycles. The first-order chi connectivity index (χ1) is 7.18. The summed E-state index contributed by atoms with van der Waals surface area (Å²) < 4.78 is 0.886. The summed E-state index contributed by atoms with van der Waals surface area (Å²) in [6, 6.07) is 0. The van der Waals surface area contributed by atoms with E-state index in [1.165, 1.54) is 0 Å². The summed E-state index contributed by atoms with van der Waals surface area (Å²) in [5.74, 6) is 0. The van der Waals surface area contributed by atoms with E-state index in [2.05, 4.69) is 25.8 Å². The van der Waals surface area contributed by atoms with Crippen LogP contribution in [-0.4, -0.2) is 29.3 Å². The Balaban J connectivity index is 2.28. The average molecular weight is 272 g/mol. The van der Waals surface area contributed by atoms with E-state index in [1.54, 1.807) is 12.4 Å². The van der Waals surface area contributed by atoms with Crippen molar-refractivity contribution >= 4 is 27.3 Å². The maximum Gasteiger partial charge on any atom is 0.0776 e. The molecule has 1 unspecified atom stereocenters. The molecule has 1 aliphatic heterocycles. The molecule has 82 valence electrons. The summed E-state index contributed by atoms with van der Waals surface area (Å²) >= 11 is 3.44. The fourth-order valence-electron chi connectivity index (χ4n) is 1.93. The first-order valence-electron chi connectivity index (χ1n) is 5.00. The summed E-state index contributed by atoms with van der Waals surface area (Å²) in [4.78, 5) is 6.10. The number of hydrogen-bond acceptors (Lipinski definition) is 4. The molecule has 2 heterocycles. The number of nitrogens with two attached hydrogens (primary N) is 1. The molecule has 1 fully saturated rings. The number of nitrogens with zero attached hydrogens (tertiary/aromatic N) is 2. The summed E-state index contributed by atoms with van der Waals surface area (Å²) in [5.41, 5.74) is 7.48. The Morgan fingerprint density at radius 3 is 3.00 bits per heavy atom. The highest BCUT2D eigenvalue weighted by molar-refractivity contribution is 9.10. The minimum absolute atomic E-state index is 0.252. The van der Waals surface area contributed by atoms with Gasteiger partial charge in [-0.3, -0.25) is 4.98 Å². The van der Waals surface area contributed by atoms with Gasteiger partial charge in [0.1, 0.15) is 0 Å². The van der Waals surface area contributed by atoms with Crippen LogP contribution in [0.25, 0.3) is 0 Å². The second-order valence-electron chi connectivity index (χ2n) is 3.80. The van der Waals surface area contributed by atoms with Crippen molar-refractivity contribution in [2.24, 2.45) is 0 Å². The molecule has 15 heavy (non-hydrogen) atoms. The molecule has 1 saturated heterocycles. The van der Waals surface area contributed by atoms with Crippen LogP contribution < -0.4 is 10.6 Å². The number of aliphatic hydroxyl groups is 1. The topological polar surface area (TPSA) is 62.4 Å². The second-order valence-corrected chi connectivity index (χ2v) is 4.66. The molecular weight excluding hydrogens is 258 g/mol. The van der Waals surface area contributed by atoms with Gasteiger partial charge in [-0.1, -0.05) is 0 Å². The quantitative estimate of drug-likeness (QED) is 0.811. The SMILES string of the molecule is Nc1cncc(Br)c1N1CCCC(O)C1. The van der Waals surface area contributed by atoms with Crippen LogP contribution >= 0.6 is 15.9 Å². The number of rotatable bonds is 1. The molecule has 2 rings (SSSR count). The number of aromatic nitrogens is 1. The van der Waals surface area contributed by atoms with Gasteiger partial charge in [-0.2, -0.15) is 0 Å². The van der Waals surface area contributed by atoms with Crippen LogP contribution in [0.1, 0.15) is 12.8 Å². The third kappa shape index (κ3) is 2.23. The Hall–Kier alpha value is -0.810. The number of piperidine rings is 1. The van der Waals surface area contributed by atoms with E-state index < -0.39 is 0 Å². The number of hydrogen-bond donors (Lipinski definition) is 2. The molecule has 0 radical (unpaired) electrons. The van der Waals surface area contributed by atoms with Crippen LogP contribution in [0, 0.1) is 0 Å². The van der Waals surface area contributed by atoms with Crippen molar-refractivity contribution in [1.29, 1.82) is 0 Å². The van der Waals surface area contributed by atoms with E-state index in [1.807, 2.05) is 0 Å². The highest BCUT2D eigenvalue weighted by Gasteiger charge is 2.21. The van der Waals surface area contributed by atoms with E-state index in [-0.39, 0.29) is 6.10 Å². The van der Waals surface area contributed by atoms with Gasteiger partial charge >= 0.3 is 0 Å². The first kappa shape index (κ1) is 10.7. The van der Waals surface area contributed by atoms with Gasteiger partial charge in [0.25, 0.3) is 0 Å². The third-order valence-electron chi connectivity index (χ3n) is 2.61. The molecule has 1 aromatic rings. The van der Waals surface area contributed by atoms with E-state index in [0.29, 0.717) is 12.2 Å². The summed E-state index contributed by atoms with van der Waals surface area (Å²) in [6.07, 6.45) is 4.99. The Morgan fingerprint density at radius 1 is 1.53 bits per heavy atom. The van der Waals surface area contributed by atoms with E-state index in [4.69, 9.17) is 5.73 Å². The lowest BCUT2D eigenvalue weighted by atomic mass is 10.1. The van der Waals surface area contributed by atoms with Crippen LogP contribution in [0.5, 0.6) is 0 Å². The van der Waals surface area contributed by atoms with Crippen molar-refractivity contribution in [2.75, 3.05) is 23.7 Å². The molecule has 0 saturated carbocycles. The highest BCUT2D eigenvalue weighted by atomic mass is 79.9. The van der Waals surface area contributed by atoms with Gasteiger partial charge < -0.3 is 15.7 Å². The lowest BCUT2D eigenvalue weighted by molar-refractivity contribution is 0.154. The summed E-state index contributed by atoms with van der Waals surface area (Å²) in [6.45, 7) is 1.58. The number of β-amino-alcohol motifs (C(OH)–C–C–N with tert-alkyl or cyclic N) is 1. The third-order valence-corrected chi connectivity index (χ3v) is 3.19. The highest BCUT2D eigenvalue weighted by Crippen LogP contribution is 2.32. The standard InChI is InChI=1S/C10H14BrN3O/c11-8-4-13-5-9(12)10(8)14-3-1-2-7(15)6-14/h4-5,7,15H,1-3,6,12H2. The molecule has 3 N–H and O–H groups in total. The molecule has 0 aliphatic carbocycles. The van der Waals surface area contributed by atoms with E-state index >= 15 is 0 Å². The van der Waals surface area contributed by atoms with Crippen LogP contribution in [0.2, 0.25) is 0 Å². The Bertz CT molecular complexity index is 338. The smallest absolute Gasteiger partial charge is 0.0776 e. The molecule has 0 amide bonds. The van der Waals surface area contributed by atoms with Crippen LogP contribution in [0.3, 0.4) is 0 Å². The van der Waals surface area contributed by atoms with Gasteiger partial charge in [0.05, 0.1) is 28.1 Å². The molecule has 0 spiro atoms. The van der Waals surface area contributed by atoms with Gasteiger partial charge in [0.15, 0.2) is 0 Å². The number of pyridine rings is 1. The zero-order valence-electron chi connectivity index (χ0n) is 8.36. The Kier molecular flexibility index (Phi) is 3.11. The fraction of sp³-hybridized carbons (Fsp3) is 0.500. The number of nitrogen functional groups attached to an aromatic ring is 1. The van der Waals surface area contributed by atoms with Crippen LogP contribution in [0.15, 0.2) is 16.9 Å². The molecule has 5 heteroatoms. The fourth-order valence-corrected chi connectivity index (χ4v) is 2.53. The van der Waals surface area contributed by atoms with Crippen LogP contribution in [0.4, 0.5) is 11.4 Å². The monoisotopic (exact) mass is 271 g/mol. The van der Waals surface area contributed by atoms with Crippen molar-refractivity contribution in [3.63, 3.8) is 0 Å². The predicted octanol–water partition coefficient (Wildman–Crippen LogP) is 1.39. The lowest BCUT2D eigenvalue weighted by Crippen LogP contribution is -2.38. The maximum absolute atomic E-state index is 9.61. The van der Waals surface area contributed by atoms with Crippen molar-refractivity contribution in [1.82, 2.24) is 4.98 Å². The normalized spacial score (nSPS) is 21.7. The van der Waals surface area contributed by atoms with Gasteiger partial charge in [0.2, 0.25) is 0 Å². The molecule has 0 aromatic carbocycles. The maximum atomic E-state index is 9.61. The van der Waals surface area contributed by atoms with E-state index in [0.717, 1.165) is 29.5 Å². The molecule has 0 bridgehead atoms. The minimum Gasteiger partial charge on any atom is -0.396 e. The van der Waals surface area contributed by atoms with Gasteiger partial charge in [-0.05, 0) is 28.8 Å². The molecular formula is C10H14BrN3O. The minimum atomic E-state index is -0.252. The zero-order chi connectivity index (χ0) is 10.8. The van der Waals surface area contributed by atoms with Crippen molar-refractivity contribution in [3.8, 4) is 0 Å². The Morgan fingerprint density at radius 2 is 2.33 bits per heavy atom. The van der Waals surface area contributed by atoms with Crippen LogP contribution in [-0.2, 0) is 0 Å². The Labute approximate surface area is 97.2 Å². The lowest BCUT2D eigenvalue weighted by Gasteiger charge is -2.33. The van der Waals surface area contributed by atoms with Crippen molar-refractivity contribution in [2.45, 2.75) is 18.9 Å². The number of anilines is 2. The van der Waals surface area contributed by atoms with Gasteiger partial charge in [-0.25, -0.2) is 0 Å². The van der Waals surface area contributed by atoms with Gasteiger partial charge in [-0.15, -0.1) is 0 Å². The van der Waals surface area contributed by atoms with Crippen molar-refractivity contribution in [3.05, 3.63) is 16.9 Å². The van der Waals surface area contributed by atoms with Crippen molar-refractivity contribution < 1.29 is 5.11 Å². The molecule has 4 nitrogen and oxygen atoms in total. The molecule has 1 atom stereocenters. The van der Waals surface area contributed by atoms with Gasteiger partial charge in [0, 0.05) is 19.3 Å². The van der Waals surface area contributed by atoms with E-state index in [9.17, 15) is 5.11 Å². The number of halogens is 1. The average Bonchev–Trinajstić information content (AvgIpc) is 2.17. The summed E-state index contributed by atoms with van der Waals surface area (Å²) in [5, 5.41) is 9.61.